The van der Waals surface area contributed by atoms with E-state index in [2.05, 4.69) is 40.1 Å². The van der Waals surface area contributed by atoms with Gasteiger partial charge in [-0.15, -0.1) is 0 Å². The molecule has 5 heteroatoms. The number of hydrogen-bond acceptors (Lipinski definition) is 4. The molecule has 1 N–H and O–H groups in total. The van der Waals surface area contributed by atoms with Crippen molar-refractivity contribution in [3.05, 3.63) is 65.2 Å². The smallest absolute Gasteiger partial charge is 0.335 e. The predicted octanol–water partition coefficient (Wildman–Crippen LogP) is 3.60. The molecule has 2 aromatic rings. The second-order valence-corrected chi connectivity index (χ2v) is 7.77. The van der Waals surface area contributed by atoms with Crippen LogP contribution in [-0.4, -0.2) is 55.4 Å². The lowest BCUT2D eigenvalue weighted by Crippen LogP contribution is -2.36. The van der Waals surface area contributed by atoms with Gasteiger partial charge in [0.1, 0.15) is 0 Å². The molecule has 1 atom stereocenters. The summed E-state index contributed by atoms with van der Waals surface area (Å²) in [5.74, 6) is -0.454. The van der Waals surface area contributed by atoms with Gasteiger partial charge in [0.25, 0.3) is 0 Å². The molecular formula is C23H28N2O3. The van der Waals surface area contributed by atoms with Gasteiger partial charge in [0.05, 0.1) is 18.8 Å². The summed E-state index contributed by atoms with van der Waals surface area (Å²) in [5, 5.41) is 9.27. The van der Waals surface area contributed by atoms with Crippen LogP contribution in [0.25, 0.3) is 0 Å². The SMILES string of the molecule is O=C(O)c1cccc([C@@H]2CCCN(Cc3cccc(N4CCOCC4)c3)C2)c1. The van der Waals surface area contributed by atoms with Crippen molar-refractivity contribution in [2.45, 2.75) is 25.3 Å². The standard InChI is InChI=1S/C23H28N2O3/c26-23(27)20-6-2-5-19(15-20)21-7-3-9-24(17-21)16-18-4-1-8-22(14-18)25-10-12-28-13-11-25/h1-2,4-6,8,14-15,21H,3,7,9-13,16-17H2,(H,26,27)/t21-/m1/s1. The van der Waals surface area contributed by atoms with E-state index in [1.807, 2.05) is 12.1 Å². The van der Waals surface area contributed by atoms with Crippen molar-refractivity contribution in [1.82, 2.24) is 4.90 Å². The highest BCUT2D eigenvalue weighted by molar-refractivity contribution is 5.87. The van der Waals surface area contributed by atoms with E-state index in [9.17, 15) is 9.90 Å². The van der Waals surface area contributed by atoms with Crippen molar-refractivity contribution in [3.63, 3.8) is 0 Å². The number of rotatable bonds is 5. The third kappa shape index (κ3) is 4.54. The summed E-state index contributed by atoms with van der Waals surface area (Å²) in [4.78, 5) is 16.2. The molecule has 0 spiro atoms. The zero-order valence-corrected chi connectivity index (χ0v) is 16.2. The summed E-state index contributed by atoms with van der Waals surface area (Å²) < 4.78 is 5.46. The number of benzene rings is 2. The average Bonchev–Trinajstić information content (AvgIpc) is 2.75. The number of carboxylic acid groups (broad SMARTS) is 1. The molecule has 148 valence electrons. The van der Waals surface area contributed by atoms with Gasteiger partial charge >= 0.3 is 5.97 Å². The lowest BCUT2D eigenvalue weighted by Gasteiger charge is -2.33. The number of likely N-dealkylation sites (tertiary alicyclic amines) is 1. The number of anilines is 1. The first kappa shape index (κ1) is 19.0. The number of morpholine rings is 1. The molecule has 0 aromatic heterocycles. The Hall–Kier alpha value is -2.37. The molecule has 5 nitrogen and oxygen atoms in total. The number of piperidine rings is 1. The molecular weight excluding hydrogens is 352 g/mol. The molecule has 2 aliphatic heterocycles. The Labute approximate surface area is 166 Å². The maximum absolute atomic E-state index is 11.3. The zero-order valence-electron chi connectivity index (χ0n) is 16.2. The van der Waals surface area contributed by atoms with E-state index in [-0.39, 0.29) is 0 Å². The van der Waals surface area contributed by atoms with E-state index in [0.29, 0.717) is 11.5 Å². The van der Waals surface area contributed by atoms with Crippen molar-refractivity contribution < 1.29 is 14.6 Å². The molecule has 0 saturated carbocycles. The van der Waals surface area contributed by atoms with Crippen LogP contribution in [0.15, 0.2) is 48.5 Å². The fourth-order valence-corrected chi connectivity index (χ4v) is 4.33. The summed E-state index contributed by atoms with van der Waals surface area (Å²) in [6.07, 6.45) is 2.26. The number of carbonyl (C=O) groups is 1. The summed E-state index contributed by atoms with van der Waals surface area (Å²) in [7, 11) is 0. The van der Waals surface area contributed by atoms with Gasteiger partial charge in [0.15, 0.2) is 0 Å². The van der Waals surface area contributed by atoms with Gasteiger partial charge in [-0.2, -0.15) is 0 Å². The summed E-state index contributed by atoms with van der Waals surface area (Å²) in [5.41, 5.74) is 4.15. The minimum Gasteiger partial charge on any atom is -0.478 e. The van der Waals surface area contributed by atoms with Crippen LogP contribution in [0.5, 0.6) is 0 Å². The number of ether oxygens (including phenoxy) is 1. The molecule has 28 heavy (non-hydrogen) atoms. The summed E-state index contributed by atoms with van der Waals surface area (Å²) in [6.45, 7) is 6.51. The molecule has 4 rings (SSSR count). The van der Waals surface area contributed by atoms with Crippen LogP contribution in [0.1, 0.15) is 40.2 Å². The molecule has 0 amide bonds. The Morgan fingerprint density at radius 3 is 2.71 bits per heavy atom. The van der Waals surface area contributed by atoms with Gasteiger partial charge in [-0.3, -0.25) is 4.90 Å². The fourth-order valence-electron chi connectivity index (χ4n) is 4.33. The highest BCUT2D eigenvalue weighted by atomic mass is 16.5. The highest BCUT2D eigenvalue weighted by Crippen LogP contribution is 2.29. The Balaban J connectivity index is 1.42. The molecule has 2 aliphatic rings. The number of aromatic carboxylic acids is 1. The zero-order chi connectivity index (χ0) is 19.3. The average molecular weight is 380 g/mol. The summed E-state index contributed by atoms with van der Waals surface area (Å²) in [6, 6.07) is 16.3. The number of nitrogens with zero attached hydrogens (tertiary/aromatic N) is 2. The van der Waals surface area contributed by atoms with Crippen LogP contribution in [0.2, 0.25) is 0 Å². The first-order valence-corrected chi connectivity index (χ1v) is 10.2. The maximum atomic E-state index is 11.3. The monoisotopic (exact) mass is 380 g/mol. The molecule has 2 heterocycles. The van der Waals surface area contributed by atoms with Gasteiger partial charge < -0.3 is 14.7 Å². The predicted molar refractivity (Wildman–Crippen MR) is 110 cm³/mol. The number of hydrogen-bond donors (Lipinski definition) is 1. The van der Waals surface area contributed by atoms with Crippen molar-refractivity contribution in [2.75, 3.05) is 44.3 Å². The van der Waals surface area contributed by atoms with Gasteiger partial charge in [0, 0.05) is 31.9 Å². The quantitative estimate of drug-likeness (QED) is 0.859. The van der Waals surface area contributed by atoms with E-state index in [1.165, 1.54) is 11.3 Å². The second-order valence-electron chi connectivity index (χ2n) is 7.77. The third-order valence-corrected chi connectivity index (χ3v) is 5.80. The Morgan fingerprint density at radius 1 is 1.07 bits per heavy atom. The van der Waals surface area contributed by atoms with Gasteiger partial charge in [-0.05, 0) is 60.7 Å². The first-order valence-electron chi connectivity index (χ1n) is 10.2. The van der Waals surface area contributed by atoms with Crippen LogP contribution in [0, 0.1) is 0 Å². The Morgan fingerprint density at radius 2 is 1.89 bits per heavy atom. The molecule has 0 unspecified atom stereocenters. The Kier molecular flexibility index (Phi) is 5.93. The fraction of sp³-hybridized carbons (Fsp3) is 0.435. The second kappa shape index (κ2) is 8.76. The third-order valence-electron chi connectivity index (χ3n) is 5.80. The molecule has 2 fully saturated rings. The van der Waals surface area contributed by atoms with E-state index >= 15 is 0 Å². The molecule has 2 aromatic carbocycles. The van der Waals surface area contributed by atoms with E-state index in [0.717, 1.165) is 64.3 Å². The van der Waals surface area contributed by atoms with E-state index in [1.54, 1.807) is 6.07 Å². The van der Waals surface area contributed by atoms with Crippen LogP contribution < -0.4 is 4.90 Å². The van der Waals surface area contributed by atoms with Gasteiger partial charge in [-0.25, -0.2) is 4.79 Å². The van der Waals surface area contributed by atoms with E-state index < -0.39 is 5.97 Å². The minimum atomic E-state index is -0.852. The van der Waals surface area contributed by atoms with Crippen molar-refractivity contribution in [2.24, 2.45) is 0 Å². The van der Waals surface area contributed by atoms with Gasteiger partial charge in [0.2, 0.25) is 0 Å². The van der Waals surface area contributed by atoms with Crippen LogP contribution in [0.4, 0.5) is 5.69 Å². The normalized spacial score (nSPS) is 20.9. The van der Waals surface area contributed by atoms with Crippen molar-refractivity contribution in [3.8, 4) is 0 Å². The van der Waals surface area contributed by atoms with Gasteiger partial charge in [-0.1, -0.05) is 24.3 Å². The van der Waals surface area contributed by atoms with Crippen LogP contribution in [0.3, 0.4) is 0 Å². The minimum absolute atomic E-state index is 0.382. The van der Waals surface area contributed by atoms with Crippen LogP contribution >= 0.6 is 0 Å². The number of carboxylic acids is 1. The van der Waals surface area contributed by atoms with Crippen molar-refractivity contribution >= 4 is 11.7 Å². The largest absolute Gasteiger partial charge is 0.478 e. The lowest BCUT2D eigenvalue weighted by molar-refractivity contribution is 0.0696. The maximum Gasteiger partial charge on any atom is 0.335 e. The first-order chi connectivity index (χ1) is 13.7. The van der Waals surface area contributed by atoms with Crippen molar-refractivity contribution in [1.29, 1.82) is 0 Å². The summed E-state index contributed by atoms with van der Waals surface area (Å²) >= 11 is 0. The van der Waals surface area contributed by atoms with Crippen LogP contribution in [-0.2, 0) is 11.3 Å². The molecule has 2 saturated heterocycles. The molecule has 0 aliphatic carbocycles. The lowest BCUT2D eigenvalue weighted by atomic mass is 9.89. The topological polar surface area (TPSA) is 53.0 Å². The molecule has 0 radical (unpaired) electrons. The highest BCUT2D eigenvalue weighted by Gasteiger charge is 2.22. The molecule has 0 bridgehead atoms. The van der Waals surface area contributed by atoms with E-state index in [4.69, 9.17) is 4.74 Å². The Bertz CT molecular complexity index is 817.